The molecule has 2 amide bonds. The maximum atomic E-state index is 11.6. The average Bonchev–Trinajstić information content (AvgIpc) is 2.26. The van der Waals surface area contributed by atoms with Gasteiger partial charge in [0.25, 0.3) is 0 Å². The summed E-state index contributed by atoms with van der Waals surface area (Å²) in [5.41, 5.74) is 5.85. The molecule has 0 saturated heterocycles. The summed E-state index contributed by atoms with van der Waals surface area (Å²) in [4.78, 5) is 11.6. The summed E-state index contributed by atoms with van der Waals surface area (Å²) in [6.45, 7) is 5.56. The van der Waals surface area contributed by atoms with Crippen molar-refractivity contribution in [1.29, 1.82) is 0 Å². The van der Waals surface area contributed by atoms with Crippen LogP contribution in [0.25, 0.3) is 0 Å². The Balaban J connectivity index is 2.27. The number of carbonyl (C=O) groups is 1. The maximum absolute atomic E-state index is 11.6. The molecule has 0 aromatic rings. The third-order valence-corrected chi connectivity index (χ3v) is 4.00. The zero-order valence-corrected chi connectivity index (χ0v) is 10.5. The van der Waals surface area contributed by atoms with Crippen LogP contribution >= 0.6 is 0 Å². The molecule has 0 radical (unpaired) electrons. The first-order valence-corrected chi connectivity index (χ1v) is 6.40. The SMILES string of the molecule is CCC(CC)(CN)CNC(=O)NC1CCC1. The van der Waals surface area contributed by atoms with Crippen molar-refractivity contribution in [2.75, 3.05) is 13.1 Å². The van der Waals surface area contributed by atoms with Gasteiger partial charge in [-0.15, -0.1) is 0 Å². The molecule has 0 aromatic carbocycles. The molecule has 0 heterocycles. The van der Waals surface area contributed by atoms with Crippen LogP contribution in [0.4, 0.5) is 4.79 Å². The minimum atomic E-state index is -0.0376. The lowest BCUT2D eigenvalue weighted by Gasteiger charge is -2.31. The molecule has 4 heteroatoms. The van der Waals surface area contributed by atoms with Gasteiger partial charge in [-0.1, -0.05) is 13.8 Å². The molecule has 4 N–H and O–H groups in total. The van der Waals surface area contributed by atoms with E-state index in [4.69, 9.17) is 5.73 Å². The van der Waals surface area contributed by atoms with Crippen LogP contribution < -0.4 is 16.4 Å². The van der Waals surface area contributed by atoms with E-state index in [2.05, 4.69) is 24.5 Å². The van der Waals surface area contributed by atoms with Crippen LogP contribution in [0.1, 0.15) is 46.0 Å². The van der Waals surface area contributed by atoms with Crippen molar-refractivity contribution >= 4 is 6.03 Å². The van der Waals surface area contributed by atoms with Crippen LogP contribution in [0.5, 0.6) is 0 Å². The van der Waals surface area contributed by atoms with Gasteiger partial charge in [-0.05, 0) is 44.1 Å². The summed E-state index contributed by atoms with van der Waals surface area (Å²) in [5, 5.41) is 5.92. The van der Waals surface area contributed by atoms with Crippen LogP contribution in [0, 0.1) is 5.41 Å². The molecule has 16 heavy (non-hydrogen) atoms. The molecule has 0 aromatic heterocycles. The first kappa shape index (κ1) is 13.3. The molecule has 0 atom stereocenters. The van der Waals surface area contributed by atoms with E-state index in [9.17, 15) is 4.79 Å². The average molecular weight is 227 g/mol. The Hall–Kier alpha value is -0.770. The van der Waals surface area contributed by atoms with E-state index in [1.807, 2.05) is 0 Å². The molecular formula is C12H25N3O. The molecule has 1 rings (SSSR count). The summed E-state index contributed by atoms with van der Waals surface area (Å²) in [6, 6.07) is 0.361. The molecule has 1 saturated carbocycles. The molecule has 1 aliphatic rings. The third-order valence-electron chi connectivity index (χ3n) is 4.00. The fourth-order valence-corrected chi connectivity index (χ4v) is 1.92. The molecule has 1 aliphatic carbocycles. The first-order valence-electron chi connectivity index (χ1n) is 6.40. The number of amides is 2. The van der Waals surface area contributed by atoms with Crippen molar-refractivity contribution in [3.05, 3.63) is 0 Å². The van der Waals surface area contributed by atoms with Crippen LogP contribution in [-0.4, -0.2) is 25.2 Å². The van der Waals surface area contributed by atoms with E-state index in [0.717, 1.165) is 25.7 Å². The number of nitrogens with two attached hydrogens (primary N) is 1. The minimum absolute atomic E-state index is 0.0376. The van der Waals surface area contributed by atoms with E-state index in [1.54, 1.807) is 0 Å². The molecule has 0 unspecified atom stereocenters. The van der Waals surface area contributed by atoms with Crippen molar-refractivity contribution in [2.45, 2.75) is 52.0 Å². The summed E-state index contributed by atoms with van der Waals surface area (Å²) in [7, 11) is 0. The number of urea groups is 1. The molecule has 0 spiro atoms. The van der Waals surface area contributed by atoms with Crippen LogP contribution in [0.15, 0.2) is 0 Å². The highest BCUT2D eigenvalue weighted by molar-refractivity contribution is 5.74. The Morgan fingerprint density at radius 1 is 1.38 bits per heavy atom. The van der Waals surface area contributed by atoms with Gasteiger partial charge in [-0.25, -0.2) is 4.79 Å². The lowest BCUT2D eigenvalue weighted by atomic mass is 9.82. The van der Waals surface area contributed by atoms with Gasteiger partial charge in [0, 0.05) is 12.6 Å². The zero-order chi connectivity index (χ0) is 12.0. The van der Waals surface area contributed by atoms with Crippen molar-refractivity contribution in [1.82, 2.24) is 10.6 Å². The van der Waals surface area contributed by atoms with Crippen molar-refractivity contribution < 1.29 is 4.79 Å². The predicted octanol–water partition coefficient (Wildman–Crippen LogP) is 1.60. The number of hydrogen-bond acceptors (Lipinski definition) is 2. The van der Waals surface area contributed by atoms with Crippen molar-refractivity contribution in [2.24, 2.45) is 11.1 Å². The van der Waals surface area contributed by atoms with E-state index in [1.165, 1.54) is 6.42 Å². The monoisotopic (exact) mass is 227 g/mol. The zero-order valence-electron chi connectivity index (χ0n) is 10.5. The number of rotatable bonds is 6. The predicted molar refractivity (Wildman–Crippen MR) is 66.2 cm³/mol. The standard InChI is InChI=1S/C12H25N3O/c1-3-12(4-2,8-13)9-14-11(16)15-10-6-5-7-10/h10H,3-9,13H2,1-2H3,(H2,14,15,16). The Kier molecular flexibility index (Phi) is 5.06. The highest BCUT2D eigenvalue weighted by Crippen LogP contribution is 2.23. The van der Waals surface area contributed by atoms with Crippen molar-refractivity contribution in [3.63, 3.8) is 0 Å². The summed E-state index contributed by atoms with van der Waals surface area (Å²) in [5.74, 6) is 0. The van der Waals surface area contributed by atoms with Crippen molar-refractivity contribution in [3.8, 4) is 0 Å². The first-order chi connectivity index (χ1) is 7.65. The summed E-state index contributed by atoms with van der Waals surface area (Å²) >= 11 is 0. The van der Waals surface area contributed by atoms with Gasteiger partial charge in [0.2, 0.25) is 0 Å². The molecule has 94 valence electrons. The molecular weight excluding hydrogens is 202 g/mol. The van der Waals surface area contributed by atoms with E-state index >= 15 is 0 Å². The van der Waals surface area contributed by atoms with Gasteiger partial charge in [0.05, 0.1) is 0 Å². The fourth-order valence-electron chi connectivity index (χ4n) is 1.92. The lowest BCUT2D eigenvalue weighted by Crippen LogP contribution is -2.49. The second-order valence-electron chi connectivity index (χ2n) is 4.87. The minimum Gasteiger partial charge on any atom is -0.338 e. The number of nitrogens with one attached hydrogen (secondary N) is 2. The highest BCUT2D eigenvalue weighted by atomic mass is 16.2. The lowest BCUT2D eigenvalue weighted by molar-refractivity contribution is 0.213. The van der Waals surface area contributed by atoms with Gasteiger partial charge < -0.3 is 16.4 Å². The molecule has 0 aliphatic heterocycles. The Morgan fingerprint density at radius 2 is 2.00 bits per heavy atom. The van der Waals surface area contributed by atoms with Gasteiger partial charge in [0.1, 0.15) is 0 Å². The second-order valence-corrected chi connectivity index (χ2v) is 4.87. The summed E-state index contributed by atoms with van der Waals surface area (Å²) < 4.78 is 0. The largest absolute Gasteiger partial charge is 0.338 e. The Bertz CT molecular complexity index is 214. The van der Waals surface area contributed by atoms with E-state index < -0.39 is 0 Å². The quantitative estimate of drug-likeness (QED) is 0.645. The maximum Gasteiger partial charge on any atom is 0.315 e. The summed E-state index contributed by atoms with van der Waals surface area (Å²) in [6.07, 6.45) is 5.49. The van der Waals surface area contributed by atoms with Gasteiger partial charge in [-0.2, -0.15) is 0 Å². The van der Waals surface area contributed by atoms with Gasteiger partial charge in [0.15, 0.2) is 0 Å². The number of carbonyl (C=O) groups excluding carboxylic acids is 1. The third kappa shape index (κ3) is 3.37. The van der Waals surface area contributed by atoms with Gasteiger partial charge >= 0.3 is 6.03 Å². The second kappa shape index (κ2) is 6.09. The smallest absolute Gasteiger partial charge is 0.315 e. The van der Waals surface area contributed by atoms with Crippen LogP contribution in [-0.2, 0) is 0 Å². The molecule has 1 fully saturated rings. The van der Waals surface area contributed by atoms with E-state index in [0.29, 0.717) is 19.1 Å². The topological polar surface area (TPSA) is 67.1 Å². The molecule has 4 nitrogen and oxygen atoms in total. The van der Waals surface area contributed by atoms with Crippen LogP contribution in [0.2, 0.25) is 0 Å². The normalized spacial score (nSPS) is 16.7. The van der Waals surface area contributed by atoms with E-state index in [-0.39, 0.29) is 11.4 Å². The van der Waals surface area contributed by atoms with Crippen LogP contribution in [0.3, 0.4) is 0 Å². The fraction of sp³-hybridized carbons (Fsp3) is 0.917. The number of hydrogen-bond donors (Lipinski definition) is 3. The Labute approximate surface area is 98.3 Å². The Morgan fingerprint density at radius 3 is 2.38 bits per heavy atom. The highest BCUT2D eigenvalue weighted by Gasteiger charge is 2.26. The van der Waals surface area contributed by atoms with Gasteiger partial charge in [-0.3, -0.25) is 0 Å². The molecule has 0 bridgehead atoms.